The summed E-state index contributed by atoms with van der Waals surface area (Å²) in [6.45, 7) is 9.97. The highest BCUT2D eigenvalue weighted by atomic mass is 32.1. The second kappa shape index (κ2) is 7.73. The van der Waals surface area contributed by atoms with Crippen molar-refractivity contribution in [3.63, 3.8) is 0 Å². The number of hydrogen-bond acceptors (Lipinski definition) is 4. The normalized spacial score (nSPS) is 19.9. The number of carbonyl (C=O) groups is 1. The van der Waals surface area contributed by atoms with Crippen LogP contribution in [-0.2, 0) is 11.3 Å². The molecule has 1 fully saturated rings. The van der Waals surface area contributed by atoms with Gasteiger partial charge in [0.2, 0.25) is 0 Å². The van der Waals surface area contributed by atoms with Gasteiger partial charge in [-0.05, 0) is 42.6 Å². The lowest BCUT2D eigenvalue weighted by Gasteiger charge is -2.26. The molecule has 0 radical (unpaired) electrons. The van der Waals surface area contributed by atoms with Gasteiger partial charge in [0.25, 0.3) is 0 Å². The monoisotopic (exact) mass is 308 g/mol. The molecule has 1 aromatic heterocycles. The zero-order valence-electron chi connectivity index (χ0n) is 12.8. The maximum Gasteiger partial charge on any atom is 0.328 e. The molecular weight excluding hydrogens is 284 g/mol. The van der Waals surface area contributed by atoms with E-state index in [2.05, 4.69) is 29.7 Å². The second-order valence-electron chi connectivity index (χ2n) is 5.42. The maximum absolute atomic E-state index is 10.5. The van der Waals surface area contributed by atoms with Crippen LogP contribution in [0.3, 0.4) is 0 Å². The number of carboxylic acids is 1. The number of thiophene rings is 1. The lowest BCUT2D eigenvalue weighted by molar-refractivity contribution is -0.131. The molecule has 1 aromatic rings. The molecule has 0 spiro atoms. The quantitative estimate of drug-likeness (QED) is 0.787. The highest BCUT2D eigenvalue weighted by Crippen LogP contribution is 2.22. The molecule has 2 heterocycles. The summed E-state index contributed by atoms with van der Waals surface area (Å²) in [5, 5.41) is 10.7. The van der Waals surface area contributed by atoms with Crippen molar-refractivity contribution in [3.8, 4) is 0 Å². The third kappa shape index (κ3) is 4.66. The average molecular weight is 308 g/mol. The lowest BCUT2D eigenvalue weighted by atomic mass is 10.2. The van der Waals surface area contributed by atoms with Crippen molar-refractivity contribution in [2.75, 3.05) is 26.2 Å². The van der Waals surface area contributed by atoms with Crippen molar-refractivity contribution in [2.24, 2.45) is 0 Å². The molecule has 1 saturated heterocycles. The third-order valence-electron chi connectivity index (χ3n) is 4.05. The van der Waals surface area contributed by atoms with Gasteiger partial charge >= 0.3 is 5.97 Å². The molecule has 21 heavy (non-hydrogen) atoms. The van der Waals surface area contributed by atoms with Crippen LogP contribution in [0.15, 0.2) is 17.5 Å². The molecule has 1 aliphatic heterocycles. The third-order valence-corrected chi connectivity index (χ3v) is 4.99. The molecule has 1 atom stereocenters. The fraction of sp³-hybridized carbons (Fsp3) is 0.562. The standard InChI is InChI=1S/C16H24N2O2S/c1-3-18(4-2)14-7-8-17(10-14)11-15-9-13(12-21-15)5-6-16(19)20/h5-6,9,12,14H,3-4,7-8,10-11H2,1-2H3,(H,19,20). The fourth-order valence-electron chi connectivity index (χ4n) is 2.95. The van der Waals surface area contributed by atoms with E-state index in [0.29, 0.717) is 6.04 Å². The lowest BCUT2D eigenvalue weighted by Crippen LogP contribution is -2.37. The Morgan fingerprint density at radius 3 is 2.95 bits per heavy atom. The number of likely N-dealkylation sites (tertiary alicyclic amines) is 1. The van der Waals surface area contributed by atoms with Crippen LogP contribution in [0.2, 0.25) is 0 Å². The van der Waals surface area contributed by atoms with E-state index in [1.165, 1.54) is 17.4 Å². The number of rotatable bonds is 7. The number of carboxylic acid groups (broad SMARTS) is 1. The van der Waals surface area contributed by atoms with Crippen LogP contribution in [0.4, 0.5) is 0 Å². The summed E-state index contributed by atoms with van der Waals surface area (Å²) in [6, 6.07) is 2.78. The Morgan fingerprint density at radius 2 is 2.29 bits per heavy atom. The van der Waals surface area contributed by atoms with Crippen molar-refractivity contribution in [1.29, 1.82) is 0 Å². The van der Waals surface area contributed by atoms with Crippen molar-refractivity contribution in [1.82, 2.24) is 9.80 Å². The number of aliphatic carboxylic acids is 1. The van der Waals surface area contributed by atoms with E-state index in [1.807, 2.05) is 5.38 Å². The fourth-order valence-corrected chi connectivity index (χ4v) is 3.85. The summed E-state index contributed by atoms with van der Waals surface area (Å²) in [7, 11) is 0. The Kier molecular flexibility index (Phi) is 5.96. The minimum Gasteiger partial charge on any atom is -0.478 e. The minimum atomic E-state index is -0.899. The van der Waals surface area contributed by atoms with Crippen molar-refractivity contribution in [3.05, 3.63) is 28.0 Å². The smallest absolute Gasteiger partial charge is 0.328 e. The molecule has 1 N–H and O–H groups in total. The molecule has 5 heteroatoms. The zero-order chi connectivity index (χ0) is 15.2. The van der Waals surface area contributed by atoms with Crippen LogP contribution in [-0.4, -0.2) is 53.1 Å². The molecule has 1 aliphatic rings. The van der Waals surface area contributed by atoms with E-state index in [1.54, 1.807) is 17.4 Å². The van der Waals surface area contributed by atoms with Gasteiger partial charge in [-0.1, -0.05) is 13.8 Å². The summed E-state index contributed by atoms with van der Waals surface area (Å²) in [4.78, 5) is 16.9. The first kappa shape index (κ1) is 16.2. The molecule has 4 nitrogen and oxygen atoms in total. The van der Waals surface area contributed by atoms with Crippen LogP contribution in [0.1, 0.15) is 30.7 Å². The van der Waals surface area contributed by atoms with E-state index >= 15 is 0 Å². The van der Waals surface area contributed by atoms with E-state index in [-0.39, 0.29) is 0 Å². The van der Waals surface area contributed by atoms with Gasteiger partial charge in [-0.2, -0.15) is 0 Å². The molecular formula is C16H24N2O2S. The van der Waals surface area contributed by atoms with Crippen molar-refractivity contribution in [2.45, 2.75) is 32.9 Å². The predicted octanol–water partition coefficient (Wildman–Crippen LogP) is 2.76. The van der Waals surface area contributed by atoms with Gasteiger partial charge < -0.3 is 5.11 Å². The van der Waals surface area contributed by atoms with Gasteiger partial charge in [0, 0.05) is 36.6 Å². The van der Waals surface area contributed by atoms with Crippen LogP contribution in [0.5, 0.6) is 0 Å². The largest absolute Gasteiger partial charge is 0.478 e. The van der Waals surface area contributed by atoms with Crippen LogP contribution >= 0.6 is 11.3 Å². The summed E-state index contributed by atoms with van der Waals surface area (Å²) >= 11 is 1.71. The first-order chi connectivity index (χ1) is 10.1. The Labute approximate surface area is 130 Å². The number of hydrogen-bond donors (Lipinski definition) is 1. The van der Waals surface area contributed by atoms with Gasteiger partial charge in [-0.3, -0.25) is 9.80 Å². The highest BCUT2D eigenvalue weighted by Gasteiger charge is 2.26. The maximum atomic E-state index is 10.5. The summed E-state index contributed by atoms with van der Waals surface area (Å²) in [5.41, 5.74) is 0.983. The van der Waals surface area contributed by atoms with Crippen LogP contribution in [0.25, 0.3) is 6.08 Å². The molecule has 0 aromatic carbocycles. The highest BCUT2D eigenvalue weighted by molar-refractivity contribution is 7.10. The van der Waals surface area contributed by atoms with Gasteiger partial charge in [-0.25, -0.2) is 4.79 Å². The molecule has 1 unspecified atom stereocenters. The summed E-state index contributed by atoms with van der Waals surface area (Å²) in [6.07, 6.45) is 4.10. The van der Waals surface area contributed by atoms with Crippen LogP contribution < -0.4 is 0 Å². The summed E-state index contributed by atoms with van der Waals surface area (Å²) in [5.74, 6) is -0.899. The van der Waals surface area contributed by atoms with Gasteiger partial charge in [-0.15, -0.1) is 11.3 Å². The van der Waals surface area contributed by atoms with Gasteiger partial charge in [0.1, 0.15) is 0 Å². The molecule has 0 saturated carbocycles. The minimum absolute atomic E-state index is 0.686. The van der Waals surface area contributed by atoms with Crippen molar-refractivity contribution < 1.29 is 9.90 Å². The second-order valence-corrected chi connectivity index (χ2v) is 6.41. The Morgan fingerprint density at radius 1 is 1.52 bits per heavy atom. The number of likely N-dealkylation sites (N-methyl/N-ethyl adjacent to an activating group) is 1. The van der Waals surface area contributed by atoms with E-state index in [4.69, 9.17) is 5.11 Å². The Bertz CT molecular complexity index is 494. The van der Waals surface area contributed by atoms with Crippen LogP contribution in [0, 0.1) is 0 Å². The first-order valence-electron chi connectivity index (χ1n) is 7.57. The van der Waals surface area contributed by atoms with E-state index in [0.717, 1.165) is 38.3 Å². The number of nitrogens with zero attached hydrogens (tertiary/aromatic N) is 2. The van der Waals surface area contributed by atoms with Crippen molar-refractivity contribution >= 4 is 23.4 Å². The first-order valence-corrected chi connectivity index (χ1v) is 8.45. The van der Waals surface area contributed by atoms with Gasteiger partial charge in [0.15, 0.2) is 0 Å². The van der Waals surface area contributed by atoms with E-state index in [9.17, 15) is 4.79 Å². The molecule has 0 amide bonds. The Hall–Kier alpha value is -1.17. The molecule has 0 aliphatic carbocycles. The molecule has 116 valence electrons. The molecule has 2 rings (SSSR count). The van der Waals surface area contributed by atoms with Gasteiger partial charge in [0.05, 0.1) is 0 Å². The predicted molar refractivity (Wildman–Crippen MR) is 87.6 cm³/mol. The summed E-state index contributed by atoms with van der Waals surface area (Å²) < 4.78 is 0. The SMILES string of the molecule is CCN(CC)C1CCN(Cc2cc(C=CC(=O)O)cs2)C1. The van der Waals surface area contributed by atoms with E-state index < -0.39 is 5.97 Å². The Balaban J connectivity index is 1.87. The average Bonchev–Trinajstić information content (AvgIpc) is 3.08. The zero-order valence-corrected chi connectivity index (χ0v) is 13.6. The topological polar surface area (TPSA) is 43.8 Å². The molecule has 0 bridgehead atoms.